The Labute approximate surface area is 108 Å². The molecule has 3 heterocycles. The Balaban J connectivity index is 1.99. The predicted octanol–water partition coefficient (Wildman–Crippen LogP) is 0.667. The van der Waals surface area contributed by atoms with Gasteiger partial charge in [0.1, 0.15) is 0 Å². The van der Waals surface area contributed by atoms with Crippen LogP contribution >= 0.6 is 0 Å². The van der Waals surface area contributed by atoms with Crippen LogP contribution in [0.15, 0.2) is 24.5 Å². The van der Waals surface area contributed by atoms with E-state index in [1.807, 2.05) is 6.07 Å². The standard InChI is InChI=1S/C13H11N3O3/c17-7-11-14-6-9-5-8(3-4-16(9)11)10-1-2-12(18)15-13(10)19/h3-7,10H,1-2H2,(H,15,18,19). The Kier molecular flexibility index (Phi) is 2.63. The van der Waals surface area contributed by atoms with Gasteiger partial charge in [-0.2, -0.15) is 0 Å². The van der Waals surface area contributed by atoms with Crippen molar-refractivity contribution >= 4 is 23.6 Å². The third-order valence-electron chi connectivity index (χ3n) is 3.33. The van der Waals surface area contributed by atoms with Crippen molar-refractivity contribution in [1.29, 1.82) is 0 Å². The number of imide groups is 1. The summed E-state index contributed by atoms with van der Waals surface area (Å²) in [5.74, 6) is -0.493. The maximum atomic E-state index is 11.8. The van der Waals surface area contributed by atoms with E-state index in [2.05, 4.69) is 10.3 Å². The molecule has 96 valence electrons. The minimum atomic E-state index is -0.322. The number of nitrogens with one attached hydrogen (secondary N) is 1. The van der Waals surface area contributed by atoms with Gasteiger partial charge in [-0.1, -0.05) is 0 Å². The molecule has 2 aromatic rings. The second-order valence-electron chi connectivity index (χ2n) is 4.49. The van der Waals surface area contributed by atoms with Crippen LogP contribution in [0.2, 0.25) is 0 Å². The number of carbonyl (C=O) groups excluding carboxylic acids is 3. The van der Waals surface area contributed by atoms with Gasteiger partial charge in [-0.3, -0.25) is 24.1 Å². The molecular weight excluding hydrogens is 246 g/mol. The maximum Gasteiger partial charge on any atom is 0.234 e. The van der Waals surface area contributed by atoms with E-state index < -0.39 is 0 Å². The van der Waals surface area contributed by atoms with Gasteiger partial charge in [0, 0.05) is 12.6 Å². The number of hydrogen-bond acceptors (Lipinski definition) is 4. The number of aromatic nitrogens is 2. The van der Waals surface area contributed by atoms with Crippen molar-refractivity contribution in [3.8, 4) is 0 Å². The molecule has 1 aliphatic heterocycles. The lowest BCUT2D eigenvalue weighted by Crippen LogP contribution is -2.39. The fraction of sp³-hybridized carbons (Fsp3) is 0.231. The van der Waals surface area contributed by atoms with Gasteiger partial charge in [-0.15, -0.1) is 0 Å². The second kappa shape index (κ2) is 4.31. The topological polar surface area (TPSA) is 80.5 Å². The highest BCUT2D eigenvalue weighted by molar-refractivity contribution is 6.01. The minimum absolute atomic E-state index is 0.227. The first-order chi connectivity index (χ1) is 9.19. The summed E-state index contributed by atoms with van der Waals surface area (Å²) in [5, 5.41) is 2.34. The van der Waals surface area contributed by atoms with Crippen LogP contribution in [0.25, 0.3) is 5.52 Å². The van der Waals surface area contributed by atoms with Gasteiger partial charge in [0.2, 0.25) is 11.8 Å². The molecule has 1 N–H and O–H groups in total. The minimum Gasteiger partial charge on any atom is -0.298 e. The first-order valence-electron chi connectivity index (χ1n) is 5.95. The molecule has 6 nitrogen and oxygen atoms in total. The van der Waals surface area contributed by atoms with Crippen LogP contribution < -0.4 is 5.32 Å². The number of imidazole rings is 1. The molecule has 1 saturated heterocycles. The molecule has 1 fully saturated rings. The summed E-state index contributed by atoms with van der Waals surface area (Å²) < 4.78 is 1.66. The highest BCUT2D eigenvalue weighted by Crippen LogP contribution is 2.25. The van der Waals surface area contributed by atoms with Crippen molar-refractivity contribution in [3.05, 3.63) is 35.9 Å². The molecule has 0 aliphatic carbocycles. The average Bonchev–Trinajstić information content (AvgIpc) is 2.80. The Morgan fingerprint density at radius 1 is 1.42 bits per heavy atom. The first kappa shape index (κ1) is 11.6. The van der Waals surface area contributed by atoms with E-state index in [9.17, 15) is 14.4 Å². The molecule has 0 spiro atoms. The zero-order valence-electron chi connectivity index (χ0n) is 10.00. The summed E-state index contributed by atoms with van der Waals surface area (Å²) >= 11 is 0. The fourth-order valence-corrected chi connectivity index (χ4v) is 2.35. The molecule has 3 rings (SSSR count). The van der Waals surface area contributed by atoms with E-state index in [-0.39, 0.29) is 17.7 Å². The summed E-state index contributed by atoms with van der Waals surface area (Å²) in [7, 11) is 0. The summed E-state index contributed by atoms with van der Waals surface area (Å²) in [5.41, 5.74) is 1.58. The lowest BCUT2D eigenvalue weighted by molar-refractivity contribution is -0.134. The quantitative estimate of drug-likeness (QED) is 0.633. The highest BCUT2D eigenvalue weighted by Gasteiger charge is 2.28. The number of nitrogens with zero attached hydrogens (tertiary/aromatic N) is 2. The summed E-state index contributed by atoms with van der Waals surface area (Å²) in [4.78, 5) is 37.7. The molecule has 0 radical (unpaired) electrons. The molecule has 2 amide bonds. The predicted molar refractivity (Wildman–Crippen MR) is 65.7 cm³/mol. The van der Waals surface area contributed by atoms with E-state index in [0.717, 1.165) is 11.1 Å². The van der Waals surface area contributed by atoms with Crippen LogP contribution in [0.4, 0.5) is 0 Å². The highest BCUT2D eigenvalue weighted by atomic mass is 16.2. The molecule has 0 saturated carbocycles. The number of aldehydes is 1. The number of amides is 2. The number of pyridine rings is 1. The van der Waals surface area contributed by atoms with Crippen molar-refractivity contribution in [2.45, 2.75) is 18.8 Å². The molecule has 19 heavy (non-hydrogen) atoms. The largest absolute Gasteiger partial charge is 0.298 e. The number of carbonyl (C=O) groups is 3. The fourth-order valence-electron chi connectivity index (χ4n) is 2.35. The van der Waals surface area contributed by atoms with Gasteiger partial charge in [-0.25, -0.2) is 4.98 Å². The van der Waals surface area contributed by atoms with Crippen molar-refractivity contribution in [2.24, 2.45) is 0 Å². The molecule has 0 aromatic carbocycles. The van der Waals surface area contributed by atoms with Gasteiger partial charge >= 0.3 is 0 Å². The van der Waals surface area contributed by atoms with Crippen LogP contribution in [-0.4, -0.2) is 27.5 Å². The van der Waals surface area contributed by atoms with E-state index >= 15 is 0 Å². The van der Waals surface area contributed by atoms with Crippen LogP contribution in [-0.2, 0) is 9.59 Å². The van der Waals surface area contributed by atoms with Crippen LogP contribution in [0.3, 0.4) is 0 Å². The van der Waals surface area contributed by atoms with Gasteiger partial charge in [0.05, 0.1) is 17.6 Å². The lowest BCUT2D eigenvalue weighted by Gasteiger charge is -2.21. The Morgan fingerprint density at radius 2 is 2.26 bits per heavy atom. The maximum absolute atomic E-state index is 11.8. The Bertz CT molecular complexity index is 689. The van der Waals surface area contributed by atoms with E-state index in [1.165, 1.54) is 0 Å². The monoisotopic (exact) mass is 257 g/mol. The van der Waals surface area contributed by atoms with Crippen molar-refractivity contribution in [1.82, 2.24) is 14.7 Å². The normalized spacial score (nSPS) is 19.5. The SMILES string of the molecule is O=Cc1ncc2cc(C3CCC(=O)NC3=O)ccn12. The number of hydrogen-bond donors (Lipinski definition) is 1. The van der Waals surface area contributed by atoms with Gasteiger partial charge in [0.15, 0.2) is 12.1 Å². The smallest absolute Gasteiger partial charge is 0.234 e. The number of fused-ring (bicyclic) bond motifs is 1. The zero-order chi connectivity index (χ0) is 13.4. The summed E-state index contributed by atoms with van der Waals surface area (Å²) in [6.07, 6.45) is 4.83. The van der Waals surface area contributed by atoms with E-state index in [0.29, 0.717) is 25.0 Å². The van der Waals surface area contributed by atoms with Crippen LogP contribution in [0, 0.1) is 0 Å². The van der Waals surface area contributed by atoms with Gasteiger partial charge in [-0.05, 0) is 24.1 Å². The van der Waals surface area contributed by atoms with E-state index in [4.69, 9.17) is 0 Å². The molecule has 6 heteroatoms. The first-order valence-corrected chi connectivity index (χ1v) is 5.95. The van der Waals surface area contributed by atoms with Gasteiger partial charge < -0.3 is 0 Å². The van der Waals surface area contributed by atoms with Crippen molar-refractivity contribution in [2.75, 3.05) is 0 Å². The van der Waals surface area contributed by atoms with Gasteiger partial charge in [0.25, 0.3) is 0 Å². The molecular formula is C13H11N3O3. The molecule has 2 aromatic heterocycles. The molecule has 1 aliphatic rings. The lowest BCUT2D eigenvalue weighted by atomic mass is 9.91. The summed E-state index contributed by atoms with van der Waals surface area (Å²) in [6.45, 7) is 0. The third-order valence-corrected chi connectivity index (χ3v) is 3.33. The van der Waals surface area contributed by atoms with Crippen LogP contribution in [0.5, 0.6) is 0 Å². The summed E-state index contributed by atoms with van der Waals surface area (Å²) in [6, 6.07) is 3.60. The number of piperidine rings is 1. The van der Waals surface area contributed by atoms with Crippen molar-refractivity contribution in [3.63, 3.8) is 0 Å². The Hall–Kier alpha value is -2.50. The number of rotatable bonds is 2. The van der Waals surface area contributed by atoms with E-state index in [1.54, 1.807) is 22.9 Å². The molecule has 0 bridgehead atoms. The molecule has 1 atom stereocenters. The average molecular weight is 257 g/mol. The van der Waals surface area contributed by atoms with Crippen LogP contribution in [0.1, 0.15) is 34.9 Å². The van der Waals surface area contributed by atoms with Crippen molar-refractivity contribution < 1.29 is 14.4 Å². The molecule has 1 unspecified atom stereocenters. The second-order valence-corrected chi connectivity index (χ2v) is 4.49. The Morgan fingerprint density at radius 3 is 3.00 bits per heavy atom. The third kappa shape index (κ3) is 1.91. The zero-order valence-corrected chi connectivity index (χ0v) is 10.00.